The predicted octanol–water partition coefficient (Wildman–Crippen LogP) is 3.44. The molecule has 2 aromatic rings. The van der Waals surface area contributed by atoms with Crippen LogP contribution >= 0.6 is 0 Å². The largest absolute Gasteiger partial charge is 0.379 e. The summed E-state index contributed by atoms with van der Waals surface area (Å²) in [7, 11) is 2.08. The van der Waals surface area contributed by atoms with Crippen molar-refractivity contribution < 1.29 is 4.74 Å². The Bertz CT molecular complexity index is 767. The Kier molecular flexibility index (Phi) is 8.11. The molecule has 29 heavy (non-hydrogen) atoms. The zero-order valence-corrected chi connectivity index (χ0v) is 18.1. The van der Waals surface area contributed by atoms with Gasteiger partial charge in [0.15, 0.2) is 5.96 Å². The van der Waals surface area contributed by atoms with Crippen LogP contribution in [0.5, 0.6) is 0 Å². The van der Waals surface area contributed by atoms with Crippen molar-refractivity contribution in [3.63, 3.8) is 0 Å². The van der Waals surface area contributed by atoms with Crippen LogP contribution in [0.25, 0.3) is 5.69 Å². The first-order valence-corrected chi connectivity index (χ1v) is 10.8. The number of ether oxygens (including phenoxy) is 1. The van der Waals surface area contributed by atoms with Crippen molar-refractivity contribution in [1.29, 1.82) is 0 Å². The van der Waals surface area contributed by atoms with Crippen molar-refractivity contribution in [2.45, 2.75) is 39.5 Å². The molecular weight excluding hydrogens is 362 g/mol. The predicted molar refractivity (Wildman–Crippen MR) is 119 cm³/mol. The molecule has 0 amide bonds. The van der Waals surface area contributed by atoms with E-state index in [9.17, 15) is 0 Å². The number of benzene rings is 1. The molecule has 1 aliphatic carbocycles. The van der Waals surface area contributed by atoms with Gasteiger partial charge in [-0.05, 0) is 63.1 Å². The molecular formula is C23H35N5O. The number of hydrogen-bond acceptors (Lipinski definition) is 3. The van der Waals surface area contributed by atoms with Crippen molar-refractivity contribution >= 4 is 5.96 Å². The Labute approximate surface area is 175 Å². The zero-order chi connectivity index (χ0) is 20.5. The number of aliphatic imine (C=N–C) groups is 1. The molecule has 1 saturated carbocycles. The lowest BCUT2D eigenvalue weighted by Crippen LogP contribution is -2.40. The molecule has 1 heterocycles. The molecule has 1 aromatic carbocycles. The van der Waals surface area contributed by atoms with Gasteiger partial charge in [0.25, 0.3) is 0 Å². The molecule has 1 aliphatic rings. The third-order valence-corrected chi connectivity index (χ3v) is 5.21. The maximum atomic E-state index is 5.76. The summed E-state index contributed by atoms with van der Waals surface area (Å²) in [5, 5.41) is 8.04. The number of para-hydroxylation sites is 1. The van der Waals surface area contributed by atoms with Crippen LogP contribution in [0.1, 0.15) is 37.4 Å². The van der Waals surface area contributed by atoms with Crippen LogP contribution in [0.2, 0.25) is 0 Å². The maximum Gasteiger partial charge on any atom is 0.193 e. The number of rotatable bonds is 11. The van der Waals surface area contributed by atoms with Crippen molar-refractivity contribution in [1.82, 2.24) is 20.0 Å². The van der Waals surface area contributed by atoms with Gasteiger partial charge in [0.05, 0.1) is 18.0 Å². The van der Waals surface area contributed by atoms with Gasteiger partial charge in [0.2, 0.25) is 0 Å². The monoisotopic (exact) mass is 397 g/mol. The summed E-state index contributed by atoms with van der Waals surface area (Å²) in [5.41, 5.74) is 3.48. The van der Waals surface area contributed by atoms with Crippen LogP contribution in [0.4, 0.5) is 0 Å². The molecule has 1 aromatic heterocycles. The Morgan fingerprint density at radius 3 is 2.83 bits per heavy atom. The van der Waals surface area contributed by atoms with Gasteiger partial charge in [-0.15, -0.1) is 0 Å². The minimum absolute atomic E-state index is 0.759. The first-order valence-electron chi connectivity index (χ1n) is 10.8. The third kappa shape index (κ3) is 6.89. The summed E-state index contributed by atoms with van der Waals surface area (Å²) in [4.78, 5) is 6.96. The van der Waals surface area contributed by atoms with Crippen LogP contribution in [0, 0.1) is 12.8 Å². The van der Waals surface area contributed by atoms with E-state index in [0.717, 1.165) is 68.9 Å². The lowest BCUT2D eigenvalue weighted by molar-refractivity contribution is 0.115. The molecule has 3 rings (SSSR count). The van der Waals surface area contributed by atoms with E-state index in [1.807, 2.05) is 22.9 Å². The maximum absolute atomic E-state index is 5.76. The Balaban J connectivity index is 1.45. The first-order chi connectivity index (χ1) is 14.2. The minimum atomic E-state index is 0.759. The lowest BCUT2D eigenvalue weighted by atomic mass is 10.1. The van der Waals surface area contributed by atoms with Crippen molar-refractivity contribution in [3.05, 3.63) is 47.8 Å². The Morgan fingerprint density at radius 1 is 1.31 bits per heavy atom. The summed E-state index contributed by atoms with van der Waals surface area (Å²) >= 11 is 0. The van der Waals surface area contributed by atoms with Gasteiger partial charge >= 0.3 is 0 Å². The first kappa shape index (κ1) is 21.4. The van der Waals surface area contributed by atoms with E-state index >= 15 is 0 Å². The summed E-state index contributed by atoms with van der Waals surface area (Å²) in [6, 6.07) is 10.3. The molecule has 6 nitrogen and oxygen atoms in total. The van der Waals surface area contributed by atoms with E-state index < -0.39 is 0 Å². The van der Waals surface area contributed by atoms with E-state index in [1.165, 1.54) is 18.4 Å². The van der Waals surface area contributed by atoms with E-state index in [2.05, 4.69) is 54.5 Å². The fourth-order valence-corrected chi connectivity index (χ4v) is 3.22. The van der Waals surface area contributed by atoms with E-state index in [-0.39, 0.29) is 0 Å². The fraction of sp³-hybridized carbons (Fsp3) is 0.565. The summed E-state index contributed by atoms with van der Waals surface area (Å²) in [6.45, 7) is 8.39. The normalized spacial score (nSPS) is 14.2. The van der Waals surface area contributed by atoms with Crippen LogP contribution in [0.3, 0.4) is 0 Å². The molecule has 0 spiro atoms. The highest BCUT2D eigenvalue weighted by atomic mass is 16.5. The smallest absolute Gasteiger partial charge is 0.193 e. The highest BCUT2D eigenvalue weighted by molar-refractivity contribution is 5.79. The molecule has 0 bridgehead atoms. The summed E-state index contributed by atoms with van der Waals surface area (Å²) in [5.74, 6) is 1.77. The highest BCUT2D eigenvalue weighted by Crippen LogP contribution is 2.28. The summed E-state index contributed by atoms with van der Waals surface area (Å²) < 4.78 is 7.72. The molecule has 0 saturated heterocycles. The molecule has 158 valence electrons. The van der Waals surface area contributed by atoms with Crippen molar-refractivity contribution in [2.24, 2.45) is 10.9 Å². The van der Waals surface area contributed by atoms with Gasteiger partial charge in [-0.3, -0.25) is 4.99 Å². The lowest BCUT2D eigenvalue weighted by Gasteiger charge is -2.22. The Morgan fingerprint density at radius 2 is 2.10 bits per heavy atom. The third-order valence-electron chi connectivity index (χ3n) is 5.21. The van der Waals surface area contributed by atoms with Crippen LogP contribution in [-0.4, -0.2) is 60.5 Å². The second kappa shape index (κ2) is 11.0. The van der Waals surface area contributed by atoms with E-state index in [4.69, 9.17) is 9.73 Å². The quantitative estimate of drug-likeness (QED) is 0.359. The number of guanidine groups is 1. The average molecular weight is 398 g/mol. The minimum Gasteiger partial charge on any atom is -0.379 e. The van der Waals surface area contributed by atoms with Crippen LogP contribution in [-0.2, 0) is 11.2 Å². The SMILES string of the molecule is CCNC(=NCCCc1cn(-c2ccccc2)nc1C)N(C)CCOCC1CC1. The fourth-order valence-electron chi connectivity index (χ4n) is 3.22. The highest BCUT2D eigenvalue weighted by Gasteiger charge is 2.21. The van der Waals surface area contributed by atoms with Gasteiger partial charge in [0, 0.05) is 39.5 Å². The molecule has 0 aliphatic heterocycles. The van der Waals surface area contributed by atoms with E-state index in [1.54, 1.807) is 0 Å². The number of nitrogens with zero attached hydrogens (tertiary/aromatic N) is 4. The van der Waals surface area contributed by atoms with Crippen molar-refractivity contribution in [3.8, 4) is 5.69 Å². The van der Waals surface area contributed by atoms with Gasteiger partial charge < -0.3 is 15.0 Å². The van der Waals surface area contributed by atoms with Crippen molar-refractivity contribution in [2.75, 3.05) is 39.9 Å². The molecule has 1 N–H and O–H groups in total. The molecule has 6 heteroatoms. The number of aryl methyl sites for hydroxylation is 2. The number of nitrogens with one attached hydrogen (secondary N) is 1. The molecule has 0 unspecified atom stereocenters. The van der Waals surface area contributed by atoms with Gasteiger partial charge in [-0.1, -0.05) is 18.2 Å². The second-order valence-corrected chi connectivity index (χ2v) is 7.80. The van der Waals surface area contributed by atoms with Gasteiger partial charge in [-0.2, -0.15) is 5.10 Å². The molecule has 0 atom stereocenters. The zero-order valence-electron chi connectivity index (χ0n) is 18.1. The van der Waals surface area contributed by atoms with Crippen LogP contribution in [0.15, 0.2) is 41.5 Å². The topological polar surface area (TPSA) is 54.7 Å². The van der Waals surface area contributed by atoms with Gasteiger partial charge in [-0.25, -0.2) is 4.68 Å². The van der Waals surface area contributed by atoms with Gasteiger partial charge in [0.1, 0.15) is 0 Å². The number of aromatic nitrogens is 2. The number of hydrogen-bond donors (Lipinski definition) is 1. The molecule has 0 radical (unpaired) electrons. The van der Waals surface area contributed by atoms with E-state index in [0.29, 0.717) is 0 Å². The standard InChI is InChI=1S/C23H35N5O/c1-4-24-23(27(3)15-16-29-18-20-12-13-20)25-14-8-9-21-17-28(26-19(21)2)22-10-6-5-7-11-22/h5-7,10-11,17,20H,4,8-9,12-16,18H2,1-3H3,(H,24,25). The Hall–Kier alpha value is -2.34. The second-order valence-electron chi connectivity index (χ2n) is 7.80. The molecule has 1 fully saturated rings. The number of likely N-dealkylation sites (N-methyl/N-ethyl adjacent to an activating group) is 1. The summed E-state index contributed by atoms with van der Waals surface area (Å²) in [6.07, 6.45) is 6.80. The van der Waals surface area contributed by atoms with Crippen LogP contribution < -0.4 is 5.32 Å². The average Bonchev–Trinajstić information content (AvgIpc) is 3.49.